The second kappa shape index (κ2) is 7.29. The van der Waals surface area contributed by atoms with Crippen LogP contribution in [0.1, 0.15) is 19.4 Å². The molecule has 0 aliphatic rings. The van der Waals surface area contributed by atoms with E-state index in [-0.39, 0.29) is 0 Å². The molecule has 0 aliphatic carbocycles. The molecular weight excluding hydrogens is 264 g/mol. The largest absolute Gasteiger partial charge is 0.493 e. The van der Waals surface area contributed by atoms with E-state index in [9.17, 15) is 0 Å². The number of alkyl halides is 1. The summed E-state index contributed by atoms with van der Waals surface area (Å²) in [5.41, 5.74) is 2.15. The molecule has 0 spiro atoms. The van der Waals surface area contributed by atoms with Gasteiger partial charge in [0.15, 0.2) is 11.5 Å². The van der Waals surface area contributed by atoms with Crippen molar-refractivity contribution < 1.29 is 14.2 Å². The van der Waals surface area contributed by atoms with Crippen LogP contribution < -0.4 is 14.2 Å². The van der Waals surface area contributed by atoms with E-state index < -0.39 is 0 Å². The first-order valence-corrected chi connectivity index (χ1v) is 6.67. The quantitative estimate of drug-likeness (QED) is 0.739. The molecule has 1 aromatic rings. The molecule has 0 unspecified atom stereocenters. The van der Waals surface area contributed by atoms with Crippen molar-refractivity contribution in [3.8, 4) is 17.2 Å². The Kier molecular flexibility index (Phi) is 6.03. The lowest BCUT2D eigenvalue weighted by Gasteiger charge is -2.14. The minimum atomic E-state index is 0.400. The number of benzene rings is 1. The summed E-state index contributed by atoms with van der Waals surface area (Å²) in [4.78, 5) is 0. The van der Waals surface area contributed by atoms with Gasteiger partial charge in [0.2, 0.25) is 5.75 Å². The van der Waals surface area contributed by atoms with E-state index in [4.69, 9.17) is 25.8 Å². The number of methoxy groups -OCH3 is 3. The molecule has 19 heavy (non-hydrogen) atoms. The Bertz CT molecular complexity index is 428. The lowest BCUT2D eigenvalue weighted by molar-refractivity contribution is 0.324. The smallest absolute Gasteiger partial charge is 0.203 e. The number of hydrogen-bond donors (Lipinski definition) is 0. The summed E-state index contributed by atoms with van der Waals surface area (Å²) >= 11 is 5.96. The molecule has 4 heteroatoms. The third-order valence-electron chi connectivity index (χ3n) is 2.94. The lowest BCUT2D eigenvalue weighted by atomic mass is 10.0. The first-order chi connectivity index (χ1) is 9.07. The third-order valence-corrected chi connectivity index (χ3v) is 3.24. The summed E-state index contributed by atoms with van der Waals surface area (Å²) in [5.74, 6) is 2.79. The normalized spacial score (nSPS) is 11.6. The maximum Gasteiger partial charge on any atom is 0.203 e. The van der Waals surface area contributed by atoms with Crippen LogP contribution in [0.25, 0.3) is 6.08 Å². The molecule has 0 radical (unpaired) electrons. The van der Waals surface area contributed by atoms with Crippen LogP contribution in [0, 0.1) is 5.92 Å². The molecule has 0 aromatic heterocycles. The van der Waals surface area contributed by atoms with Gasteiger partial charge in [-0.25, -0.2) is 0 Å². The van der Waals surface area contributed by atoms with Crippen LogP contribution in [0.2, 0.25) is 0 Å². The van der Waals surface area contributed by atoms with Crippen molar-refractivity contribution in [2.45, 2.75) is 13.8 Å². The van der Waals surface area contributed by atoms with Gasteiger partial charge < -0.3 is 14.2 Å². The summed E-state index contributed by atoms with van der Waals surface area (Å²) in [6, 6.07) is 3.83. The Morgan fingerprint density at radius 3 is 1.95 bits per heavy atom. The minimum absolute atomic E-state index is 0.400. The van der Waals surface area contributed by atoms with E-state index in [1.54, 1.807) is 21.3 Å². The van der Waals surface area contributed by atoms with Gasteiger partial charge in [0, 0.05) is 5.88 Å². The van der Waals surface area contributed by atoms with Crippen LogP contribution in [0.4, 0.5) is 0 Å². The molecule has 1 rings (SSSR count). The summed E-state index contributed by atoms with van der Waals surface area (Å²) in [6.07, 6.45) is 2.06. The Hall–Kier alpha value is -1.35. The highest BCUT2D eigenvalue weighted by molar-refractivity contribution is 6.19. The zero-order valence-electron chi connectivity index (χ0n) is 12.1. The molecule has 0 atom stereocenters. The van der Waals surface area contributed by atoms with Crippen molar-refractivity contribution in [3.63, 3.8) is 0 Å². The molecule has 0 saturated heterocycles. The van der Waals surface area contributed by atoms with Gasteiger partial charge >= 0.3 is 0 Å². The maximum absolute atomic E-state index is 5.96. The van der Waals surface area contributed by atoms with Crippen molar-refractivity contribution in [1.29, 1.82) is 0 Å². The summed E-state index contributed by atoms with van der Waals surface area (Å²) in [7, 11) is 4.81. The molecule has 0 heterocycles. The van der Waals surface area contributed by atoms with Gasteiger partial charge in [0.1, 0.15) is 0 Å². The molecule has 0 amide bonds. The molecule has 1 aromatic carbocycles. The fraction of sp³-hybridized carbons (Fsp3) is 0.467. The predicted octanol–water partition coefficient (Wildman–Crippen LogP) is 3.99. The van der Waals surface area contributed by atoms with Crippen molar-refractivity contribution in [2.24, 2.45) is 5.92 Å². The van der Waals surface area contributed by atoms with E-state index in [1.807, 2.05) is 12.1 Å². The van der Waals surface area contributed by atoms with Crippen LogP contribution in [0.3, 0.4) is 0 Å². The summed E-state index contributed by atoms with van der Waals surface area (Å²) in [6.45, 7) is 4.23. The number of halogens is 1. The summed E-state index contributed by atoms with van der Waals surface area (Å²) in [5, 5.41) is 0. The van der Waals surface area contributed by atoms with Gasteiger partial charge in [0.05, 0.1) is 21.3 Å². The van der Waals surface area contributed by atoms with E-state index >= 15 is 0 Å². The standard InChI is InChI=1S/C15H21ClO3/c1-10(2)12(9-16)6-11-7-13(17-3)15(19-5)14(8-11)18-4/h6-8,10H,9H2,1-5H3. The molecule has 0 bridgehead atoms. The number of rotatable bonds is 6. The molecule has 0 fully saturated rings. The monoisotopic (exact) mass is 284 g/mol. The van der Waals surface area contributed by atoms with E-state index in [0.717, 1.165) is 11.1 Å². The second-order valence-corrected chi connectivity index (χ2v) is 4.73. The van der Waals surface area contributed by atoms with Crippen LogP contribution in [0.15, 0.2) is 17.7 Å². The lowest BCUT2D eigenvalue weighted by Crippen LogP contribution is -1.98. The topological polar surface area (TPSA) is 27.7 Å². The molecule has 0 saturated carbocycles. The number of hydrogen-bond acceptors (Lipinski definition) is 3. The highest BCUT2D eigenvalue weighted by atomic mass is 35.5. The molecule has 0 N–H and O–H groups in total. The maximum atomic E-state index is 5.96. The predicted molar refractivity (Wildman–Crippen MR) is 79.6 cm³/mol. The molecule has 3 nitrogen and oxygen atoms in total. The third kappa shape index (κ3) is 3.80. The zero-order chi connectivity index (χ0) is 14.4. The van der Waals surface area contributed by atoms with Gasteiger partial charge in [-0.2, -0.15) is 0 Å². The SMILES string of the molecule is COc1cc(C=C(CCl)C(C)C)cc(OC)c1OC. The van der Waals surface area contributed by atoms with Crippen LogP contribution in [-0.4, -0.2) is 27.2 Å². The van der Waals surface area contributed by atoms with Gasteiger partial charge in [-0.15, -0.1) is 11.6 Å². The molecular formula is C15H21ClO3. The Labute approximate surface area is 120 Å². The van der Waals surface area contributed by atoms with Crippen LogP contribution >= 0.6 is 11.6 Å². The van der Waals surface area contributed by atoms with Gasteiger partial charge in [-0.05, 0) is 23.6 Å². The van der Waals surface area contributed by atoms with Crippen molar-refractivity contribution in [2.75, 3.05) is 27.2 Å². The van der Waals surface area contributed by atoms with E-state index in [0.29, 0.717) is 29.0 Å². The van der Waals surface area contributed by atoms with Crippen LogP contribution in [0.5, 0.6) is 17.2 Å². The first kappa shape index (κ1) is 15.7. The van der Waals surface area contributed by atoms with Gasteiger partial charge in [0.25, 0.3) is 0 Å². The Morgan fingerprint density at radius 2 is 1.63 bits per heavy atom. The van der Waals surface area contributed by atoms with Crippen molar-refractivity contribution >= 4 is 17.7 Å². The van der Waals surface area contributed by atoms with Crippen LogP contribution in [-0.2, 0) is 0 Å². The fourth-order valence-electron chi connectivity index (χ4n) is 1.76. The first-order valence-electron chi connectivity index (χ1n) is 6.13. The van der Waals surface area contributed by atoms with Crippen molar-refractivity contribution in [3.05, 3.63) is 23.3 Å². The average Bonchev–Trinajstić information content (AvgIpc) is 2.42. The van der Waals surface area contributed by atoms with Gasteiger partial charge in [-0.1, -0.05) is 25.5 Å². The fourth-order valence-corrected chi connectivity index (χ4v) is 2.14. The van der Waals surface area contributed by atoms with E-state index in [1.165, 1.54) is 0 Å². The minimum Gasteiger partial charge on any atom is -0.493 e. The highest BCUT2D eigenvalue weighted by Crippen LogP contribution is 2.38. The Morgan fingerprint density at radius 1 is 1.11 bits per heavy atom. The van der Waals surface area contributed by atoms with Crippen molar-refractivity contribution in [1.82, 2.24) is 0 Å². The Balaban J connectivity index is 3.30. The molecule has 106 valence electrons. The highest BCUT2D eigenvalue weighted by Gasteiger charge is 2.13. The molecule has 0 aliphatic heterocycles. The number of allylic oxidation sites excluding steroid dienone is 1. The van der Waals surface area contributed by atoms with Gasteiger partial charge in [-0.3, -0.25) is 0 Å². The number of ether oxygens (including phenoxy) is 3. The summed E-state index contributed by atoms with van der Waals surface area (Å²) < 4.78 is 16.0. The average molecular weight is 285 g/mol. The van der Waals surface area contributed by atoms with E-state index in [2.05, 4.69) is 19.9 Å². The zero-order valence-corrected chi connectivity index (χ0v) is 12.9. The second-order valence-electron chi connectivity index (χ2n) is 4.47.